The van der Waals surface area contributed by atoms with Crippen LogP contribution < -0.4 is 10.1 Å². The fourth-order valence-electron chi connectivity index (χ4n) is 2.79. The van der Waals surface area contributed by atoms with E-state index in [1.54, 1.807) is 6.07 Å². The minimum Gasteiger partial charge on any atom is -0.489 e. The Balaban J connectivity index is 1.61. The van der Waals surface area contributed by atoms with Gasteiger partial charge < -0.3 is 14.8 Å². The van der Waals surface area contributed by atoms with Gasteiger partial charge in [0.1, 0.15) is 18.2 Å². The van der Waals surface area contributed by atoms with E-state index in [1.165, 1.54) is 12.1 Å². The van der Waals surface area contributed by atoms with Crippen molar-refractivity contribution in [2.75, 3.05) is 13.2 Å². The fraction of sp³-hybridized carbons (Fsp3) is 0.368. The standard InChI is InChI=1S/C19H20BrClFNO2/c20-15-4-6-19(25-12-13-3-5-16(22)9-18(13)21)14(8-15)10-23-11-17-2-1-7-24-17/h3-6,8-9,17,23H,1-2,7,10-12H2/t17-/m1/s1. The van der Waals surface area contributed by atoms with E-state index >= 15 is 0 Å². The van der Waals surface area contributed by atoms with Gasteiger partial charge in [0.05, 0.1) is 11.1 Å². The van der Waals surface area contributed by atoms with Gasteiger partial charge in [-0.25, -0.2) is 4.39 Å². The van der Waals surface area contributed by atoms with E-state index in [0.29, 0.717) is 24.3 Å². The SMILES string of the molecule is Fc1ccc(COc2ccc(Br)cc2CNC[C@H]2CCCO2)c(Cl)c1. The molecule has 1 atom stereocenters. The summed E-state index contributed by atoms with van der Waals surface area (Å²) in [6, 6.07) is 10.2. The second-order valence-corrected chi connectivity index (χ2v) is 7.37. The first kappa shape index (κ1) is 18.6. The van der Waals surface area contributed by atoms with Crippen LogP contribution in [-0.4, -0.2) is 19.3 Å². The van der Waals surface area contributed by atoms with Crippen LogP contribution in [0, 0.1) is 5.82 Å². The van der Waals surface area contributed by atoms with Crippen LogP contribution in [0.4, 0.5) is 4.39 Å². The summed E-state index contributed by atoms with van der Waals surface area (Å²) < 4.78 is 25.7. The molecule has 1 N–H and O–H groups in total. The van der Waals surface area contributed by atoms with Gasteiger partial charge in [-0.05, 0) is 43.2 Å². The Hall–Kier alpha value is -1.14. The molecule has 0 aliphatic carbocycles. The van der Waals surface area contributed by atoms with Gasteiger partial charge in [0.25, 0.3) is 0 Å². The zero-order valence-corrected chi connectivity index (χ0v) is 16.1. The van der Waals surface area contributed by atoms with E-state index < -0.39 is 0 Å². The smallest absolute Gasteiger partial charge is 0.124 e. The van der Waals surface area contributed by atoms with Gasteiger partial charge in [0.15, 0.2) is 0 Å². The molecule has 1 aliphatic heterocycles. The number of ether oxygens (including phenoxy) is 2. The molecule has 0 radical (unpaired) electrons. The molecule has 0 unspecified atom stereocenters. The predicted molar refractivity (Wildman–Crippen MR) is 101 cm³/mol. The van der Waals surface area contributed by atoms with Crippen molar-refractivity contribution in [3.05, 3.63) is 62.8 Å². The van der Waals surface area contributed by atoms with E-state index in [4.69, 9.17) is 21.1 Å². The number of halogens is 3. The third-order valence-electron chi connectivity index (χ3n) is 4.13. The van der Waals surface area contributed by atoms with Crippen LogP contribution in [0.1, 0.15) is 24.0 Å². The summed E-state index contributed by atoms with van der Waals surface area (Å²) in [4.78, 5) is 0. The highest BCUT2D eigenvalue weighted by molar-refractivity contribution is 9.10. The topological polar surface area (TPSA) is 30.5 Å². The number of rotatable bonds is 7. The van der Waals surface area contributed by atoms with Crippen LogP contribution in [0.5, 0.6) is 5.75 Å². The summed E-state index contributed by atoms with van der Waals surface area (Å²) in [5.41, 5.74) is 1.80. The van der Waals surface area contributed by atoms with Crippen molar-refractivity contribution in [1.82, 2.24) is 5.32 Å². The van der Waals surface area contributed by atoms with Gasteiger partial charge in [-0.15, -0.1) is 0 Å². The van der Waals surface area contributed by atoms with E-state index in [-0.39, 0.29) is 5.82 Å². The van der Waals surface area contributed by atoms with Gasteiger partial charge in [0.2, 0.25) is 0 Å². The summed E-state index contributed by atoms with van der Waals surface area (Å²) >= 11 is 9.56. The lowest BCUT2D eigenvalue weighted by Crippen LogP contribution is -2.26. The average Bonchev–Trinajstić information content (AvgIpc) is 3.09. The van der Waals surface area contributed by atoms with E-state index in [2.05, 4.69) is 21.2 Å². The highest BCUT2D eigenvalue weighted by atomic mass is 79.9. The highest BCUT2D eigenvalue weighted by Gasteiger charge is 2.15. The lowest BCUT2D eigenvalue weighted by Gasteiger charge is -2.15. The summed E-state index contributed by atoms with van der Waals surface area (Å²) in [6.07, 6.45) is 2.54. The molecule has 0 amide bonds. The number of nitrogens with one attached hydrogen (secondary N) is 1. The maximum Gasteiger partial charge on any atom is 0.124 e. The molecular weight excluding hydrogens is 409 g/mol. The zero-order valence-electron chi connectivity index (χ0n) is 13.7. The van der Waals surface area contributed by atoms with Crippen LogP contribution in [0.15, 0.2) is 40.9 Å². The van der Waals surface area contributed by atoms with E-state index in [9.17, 15) is 4.39 Å². The van der Waals surface area contributed by atoms with Crippen molar-refractivity contribution in [3.63, 3.8) is 0 Å². The molecule has 2 aromatic rings. The third-order valence-corrected chi connectivity index (χ3v) is 4.98. The molecule has 25 heavy (non-hydrogen) atoms. The molecule has 3 nitrogen and oxygen atoms in total. The molecule has 2 aromatic carbocycles. The van der Waals surface area contributed by atoms with Crippen LogP contribution in [0.3, 0.4) is 0 Å². The van der Waals surface area contributed by atoms with Crippen molar-refractivity contribution in [2.45, 2.75) is 32.1 Å². The third kappa shape index (κ3) is 5.42. The quantitative estimate of drug-likeness (QED) is 0.666. The largest absolute Gasteiger partial charge is 0.489 e. The summed E-state index contributed by atoms with van der Waals surface area (Å²) in [5.74, 6) is 0.430. The molecule has 0 aromatic heterocycles. The van der Waals surface area contributed by atoms with Crippen LogP contribution in [-0.2, 0) is 17.9 Å². The van der Waals surface area contributed by atoms with Crippen molar-refractivity contribution in [2.24, 2.45) is 0 Å². The molecule has 1 fully saturated rings. The molecule has 6 heteroatoms. The molecule has 0 saturated carbocycles. The molecular formula is C19H20BrClFNO2. The van der Waals surface area contributed by atoms with Crippen molar-refractivity contribution < 1.29 is 13.9 Å². The Bertz CT molecular complexity index is 723. The van der Waals surface area contributed by atoms with Crippen LogP contribution >= 0.6 is 27.5 Å². The monoisotopic (exact) mass is 427 g/mol. The second kappa shape index (κ2) is 8.99. The summed E-state index contributed by atoms with van der Waals surface area (Å²) in [6.45, 7) is 2.66. The first-order valence-corrected chi connectivity index (χ1v) is 9.46. The fourth-order valence-corrected chi connectivity index (χ4v) is 3.42. The minimum absolute atomic E-state index is 0.291. The number of benzene rings is 2. The van der Waals surface area contributed by atoms with Gasteiger partial charge >= 0.3 is 0 Å². The van der Waals surface area contributed by atoms with Crippen molar-refractivity contribution in [3.8, 4) is 5.75 Å². The van der Waals surface area contributed by atoms with Crippen molar-refractivity contribution in [1.29, 1.82) is 0 Å². The highest BCUT2D eigenvalue weighted by Crippen LogP contribution is 2.26. The zero-order chi connectivity index (χ0) is 17.6. The summed E-state index contributed by atoms with van der Waals surface area (Å²) in [5, 5.41) is 3.80. The lowest BCUT2D eigenvalue weighted by atomic mass is 10.2. The average molecular weight is 429 g/mol. The van der Waals surface area contributed by atoms with Gasteiger partial charge in [0, 0.05) is 35.3 Å². The van der Waals surface area contributed by atoms with Gasteiger partial charge in [-0.1, -0.05) is 33.6 Å². The van der Waals surface area contributed by atoms with Crippen LogP contribution in [0.25, 0.3) is 0 Å². The Morgan fingerprint density at radius 1 is 1.24 bits per heavy atom. The predicted octanol–water partition coefficient (Wildman–Crippen LogP) is 5.09. The molecule has 134 valence electrons. The molecule has 3 rings (SSSR count). The summed E-state index contributed by atoms with van der Waals surface area (Å²) in [7, 11) is 0. The normalized spacial score (nSPS) is 17.0. The first-order valence-electron chi connectivity index (χ1n) is 8.29. The molecule has 1 saturated heterocycles. The second-order valence-electron chi connectivity index (χ2n) is 6.04. The van der Waals surface area contributed by atoms with Crippen molar-refractivity contribution >= 4 is 27.5 Å². The van der Waals surface area contributed by atoms with Crippen LogP contribution in [0.2, 0.25) is 5.02 Å². The maximum absolute atomic E-state index is 13.1. The van der Waals surface area contributed by atoms with Gasteiger partial charge in [-0.2, -0.15) is 0 Å². The van der Waals surface area contributed by atoms with Gasteiger partial charge in [-0.3, -0.25) is 0 Å². The Kier molecular flexibility index (Phi) is 6.70. The Morgan fingerprint density at radius 3 is 2.88 bits per heavy atom. The minimum atomic E-state index is -0.351. The Morgan fingerprint density at radius 2 is 2.12 bits per heavy atom. The van der Waals surface area contributed by atoms with E-state index in [0.717, 1.165) is 47.3 Å². The Labute approximate surface area is 160 Å². The number of hydrogen-bond donors (Lipinski definition) is 1. The molecule has 1 aliphatic rings. The first-order chi connectivity index (χ1) is 12.1. The molecule has 0 spiro atoms. The maximum atomic E-state index is 13.1. The lowest BCUT2D eigenvalue weighted by molar-refractivity contribution is 0.110. The molecule has 0 bridgehead atoms. The van der Waals surface area contributed by atoms with E-state index in [1.807, 2.05) is 18.2 Å². The number of hydrogen-bond acceptors (Lipinski definition) is 3. The molecule has 1 heterocycles.